The number of rotatable bonds is 10. The normalized spacial score (nSPS) is 15.1. The summed E-state index contributed by atoms with van der Waals surface area (Å²) in [5, 5.41) is 14.5. The standard InChI is InChI=1S/C26H32N2O6/c1-15(2)13-22(25(30)31)27-24(29)23(16(3)33-4)28-26(32)34-14-21-19-11-7-5-9-17(19)18-10-6-8-12-20(18)21/h5-12,15-16,21-23H,13-14H2,1-4H3,(H,27,29)(H,28,32)(H,30,31)/t16?,22-,23?/m0/s1. The van der Waals surface area contributed by atoms with Gasteiger partial charge in [-0.05, 0) is 41.5 Å². The maximum Gasteiger partial charge on any atom is 0.407 e. The molecule has 8 nitrogen and oxygen atoms in total. The number of aliphatic carboxylic acids is 1. The van der Waals surface area contributed by atoms with Crippen LogP contribution < -0.4 is 10.6 Å². The van der Waals surface area contributed by atoms with Crippen molar-refractivity contribution < 1.29 is 29.0 Å². The third kappa shape index (κ3) is 5.75. The second-order valence-corrected chi connectivity index (χ2v) is 8.92. The number of carboxylic acids is 1. The predicted molar refractivity (Wildman–Crippen MR) is 127 cm³/mol. The molecule has 8 heteroatoms. The molecular weight excluding hydrogens is 436 g/mol. The zero-order chi connectivity index (χ0) is 24.8. The molecule has 0 aromatic heterocycles. The Morgan fingerprint density at radius 3 is 2.00 bits per heavy atom. The zero-order valence-corrected chi connectivity index (χ0v) is 19.9. The summed E-state index contributed by atoms with van der Waals surface area (Å²) in [5.41, 5.74) is 4.38. The monoisotopic (exact) mass is 468 g/mol. The van der Waals surface area contributed by atoms with E-state index in [-0.39, 0.29) is 24.9 Å². The van der Waals surface area contributed by atoms with Crippen LogP contribution in [0.25, 0.3) is 11.1 Å². The van der Waals surface area contributed by atoms with Crippen molar-refractivity contribution >= 4 is 18.0 Å². The van der Waals surface area contributed by atoms with Crippen LogP contribution in [0.15, 0.2) is 48.5 Å². The number of carbonyl (C=O) groups is 3. The first-order valence-electron chi connectivity index (χ1n) is 11.4. The van der Waals surface area contributed by atoms with Crippen molar-refractivity contribution in [2.45, 2.75) is 51.3 Å². The second kappa shape index (κ2) is 11.2. The minimum absolute atomic E-state index is 0.0646. The summed E-state index contributed by atoms with van der Waals surface area (Å²) < 4.78 is 10.8. The van der Waals surface area contributed by atoms with Gasteiger partial charge in [0.1, 0.15) is 18.7 Å². The second-order valence-electron chi connectivity index (χ2n) is 8.92. The first-order valence-corrected chi connectivity index (χ1v) is 11.4. The highest BCUT2D eigenvalue weighted by Gasteiger charge is 2.33. The van der Waals surface area contributed by atoms with Gasteiger partial charge in [0.25, 0.3) is 0 Å². The van der Waals surface area contributed by atoms with E-state index in [9.17, 15) is 19.5 Å². The molecule has 0 heterocycles. The van der Waals surface area contributed by atoms with E-state index in [2.05, 4.69) is 10.6 Å². The van der Waals surface area contributed by atoms with E-state index in [1.54, 1.807) is 6.92 Å². The molecule has 3 atom stereocenters. The maximum atomic E-state index is 12.8. The summed E-state index contributed by atoms with van der Waals surface area (Å²) in [6.07, 6.45) is -1.21. The van der Waals surface area contributed by atoms with Crippen molar-refractivity contribution in [2.75, 3.05) is 13.7 Å². The summed E-state index contributed by atoms with van der Waals surface area (Å²) >= 11 is 0. The number of carbonyl (C=O) groups excluding carboxylic acids is 2. The van der Waals surface area contributed by atoms with Gasteiger partial charge in [0.15, 0.2) is 0 Å². The summed E-state index contributed by atoms with van der Waals surface area (Å²) in [6.45, 7) is 5.45. The van der Waals surface area contributed by atoms with Crippen LogP contribution in [0.2, 0.25) is 0 Å². The fraction of sp³-hybridized carbons (Fsp3) is 0.423. The lowest BCUT2D eigenvalue weighted by Gasteiger charge is -2.25. The number of carboxylic acid groups (broad SMARTS) is 1. The largest absolute Gasteiger partial charge is 0.480 e. The quantitative estimate of drug-likeness (QED) is 0.491. The molecule has 0 aliphatic heterocycles. The maximum absolute atomic E-state index is 12.8. The number of methoxy groups -OCH3 is 1. The van der Waals surface area contributed by atoms with E-state index in [4.69, 9.17) is 9.47 Å². The van der Waals surface area contributed by atoms with E-state index in [1.807, 2.05) is 62.4 Å². The Balaban J connectivity index is 1.68. The van der Waals surface area contributed by atoms with Gasteiger partial charge in [-0.2, -0.15) is 0 Å². The average Bonchev–Trinajstić information content (AvgIpc) is 3.13. The molecule has 0 bridgehead atoms. The number of benzene rings is 2. The SMILES string of the molecule is COC(C)C(NC(=O)OCC1c2ccccc2-c2ccccc21)C(=O)N[C@@H](CC(C)C)C(=O)O. The van der Waals surface area contributed by atoms with Gasteiger partial charge < -0.3 is 25.2 Å². The molecule has 34 heavy (non-hydrogen) atoms. The van der Waals surface area contributed by atoms with Gasteiger partial charge in [0.2, 0.25) is 5.91 Å². The van der Waals surface area contributed by atoms with Crippen LogP contribution in [0.3, 0.4) is 0 Å². The van der Waals surface area contributed by atoms with Gasteiger partial charge in [-0.1, -0.05) is 62.4 Å². The molecule has 2 aromatic rings. The Morgan fingerprint density at radius 2 is 1.50 bits per heavy atom. The molecule has 0 saturated heterocycles. The third-order valence-electron chi connectivity index (χ3n) is 6.06. The Hall–Kier alpha value is -3.39. The molecule has 0 fully saturated rings. The van der Waals surface area contributed by atoms with Crippen molar-refractivity contribution in [1.82, 2.24) is 10.6 Å². The van der Waals surface area contributed by atoms with Gasteiger partial charge in [0, 0.05) is 13.0 Å². The molecule has 2 amide bonds. The van der Waals surface area contributed by atoms with Gasteiger partial charge in [-0.3, -0.25) is 4.79 Å². The van der Waals surface area contributed by atoms with Gasteiger partial charge >= 0.3 is 12.1 Å². The third-order valence-corrected chi connectivity index (χ3v) is 6.06. The Labute approximate surface area is 199 Å². The fourth-order valence-electron chi connectivity index (χ4n) is 4.25. The molecule has 3 N–H and O–H groups in total. The Bertz CT molecular complexity index is 992. The van der Waals surface area contributed by atoms with Crippen LogP contribution >= 0.6 is 0 Å². The van der Waals surface area contributed by atoms with Crippen molar-refractivity contribution in [3.63, 3.8) is 0 Å². The number of nitrogens with one attached hydrogen (secondary N) is 2. The van der Waals surface area contributed by atoms with Crippen LogP contribution in [0, 0.1) is 5.92 Å². The first-order chi connectivity index (χ1) is 16.2. The molecule has 2 unspecified atom stereocenters. The number of ether oxygens (including phenoxy) is 2. The fourth-order valence-corrected chi connectivity index (χ4v) is 4.25. The molecule has 2 aromatic carbocycles. The summed E-state index contributed by atoms with van der Waals surface area (Å²) in [7, 11) is 1.41. The number of amides is 2. The molecule has 1 aliphatic rings. The van der Waals surface area contributed by atoms with Crippen LogP contribution in [-0.4, -0.2) is 55.0 Å². The number of hydrogen-bond donors (Lipinski definition) is 3. The molecule has 182 valence electrons. The smallest absolute Gasteiger partial charge is 0.407 e. The highest BCUT2D eigenvalue weighted by atomic mass is 16.5. The van der Waals surface area contributed by atoms with E-state index in [1.165, 1.54) is 7.11 Å². The van der Waals surface area contributed by atoms with E-state index in [0.717, 1.165) is 22.3 Å². The molecular formula is C26H32N2O6. The minimum Gasteiger partial charge on any atom is -0.480 e. The Kier molecular flexibility index (Phi) is 8.28. The summed E-state index contributed by atoms with van der Waals surface area (Å²) in [4.78, 5) is 37.1. The van der Waals surface area contributed by atoms with Gasteiger partial charge in [-0.25, -0.2) is 9.59 Å². The number of alkyl carbamates (subject to hydrolysis) is 1. The predicted octanol–water partition coefficient (Wildman–Crippen LogP) is 3.54. The van der Waals surface area contributed by atoms with Crippen LogP contribution in [0.5, 0.6) is 0 Å². The lowest BCUT2D eigenvalue weighted by Crippen LogP contribution is -2.56. The Morgan fingerprint density at radius 1 is 0.941 bits per heavy atom. The first kappa shape index (κ1) is 25.2. The van der Waals surface area contributed by atoms with Crippen molar-refractivity contribution in [2.24, 2.45) is 5.92 Å². The lowest BCUT2D eigenvalue weighted by molar-refractivity contribution is -0.143. The lowest BCUT2D eigenvalue weighted by atomic mass is 9.98. The van der Waals surface area contributed by atoms with Crippen LogP contribution in [-0.2, 0) is 19.1 Å². The summed E-state index contributed by atoms with van der Waals surface area (Å²) in [6, 6.07) is 13.8. The van der Waals surface area contributed by atoms with Crippen molar-refractivity contribution in [3.05, 3.63) is 59.7 Å². The van der Waals surface area contributed by atoms with Crippen LogP contribution in [0.1, 0.15) is 44.2 Å². The molecule has 0 saturated carbocycles. The number of hydrogen-bond acceptors (Lipinski definition) is 5. The average molecular weight is 469 g/mol. The zero-order valence-electron chi connectivity index (χ0n) is 19.9. The van der Waals surface area contributed by atoms with E-state index >= 15 is 0 Å². The molecule has 0 spiro atoms. The van der Waals surface area contributed by atoms with E-state index < -0.39 is 36.2 Å². The van der Waals surface area contributed by atoms with Gasteiger partial charge in [0.05, 0.1) is 6.10 Å². The van der Waals surface area contributed by atoms with Gasteiger partial charge in [-0.15, -0.1) is 0 Å². The van der Waals surface area contributed by atoms with Crippen molar-refractivity contribution in [3.8, 4) is 11.1 Å². The molecule has 1 aliphatic carbocycles. The molecule has 3 rings (SSSR count). The number of fused-ring (bicyclic) bond motifs is 3. The van der Waals surface area contributed by atoms with Crippen molar-refractivity contribution in [1.29, 1.82) is 0 Å². The minimum atomic E-state index is -1.13. The van der Waals surface area contributed by atoms with Crippen LogP contribution in [0.4, 0.5) is 4.79 Å². The summed E-state index contributed by atoms with van der Waals surface area (Å²) in [5.74, 6) is -1.83. The highest BCUT2D eigenvalue weighted by Crippen LogP contribution is 2.44. The highest BCUT2D eigenvalue weighted by molar-refractivity contribution is 5.89. The topological polar surface area (TPSA) is 114 Å². The molecule has 0 radical (unpaired) electrons. The van der Waals surface area contributed by atoms with E-state index in [0.29, 0.717) is 0 Å².